The second-order valence-electron chi connectivity index (χ2n) is 4.30. The molecule has 2 aromatic rings. The first-order valence-corrected chi connectivity index (χ1v) is 6.54. The van der Waals surface area contributed by atoms with E-state index >= 15 is 0 Å². The van der Waals surface area contributed by atoms with E-state index in [4.69, 9.17) is 4.74 Å². The lowest BCUT2D eigenvalue weighted by Crippen LogP contribution is -2.08. The maximum atomic E-state index is 11.8. The molecule has 3 nitrogen and oxygen atoms in total. The van der Waals surface area contributed by atoms with Crippen LogP contribution in [0.5, 0.6) is 0 Å². The SMILES string of the molecule is COC(=O)c1ccc(C=O)c(S)c1Cc1ccccc1. The Balaban J connectivity index is 2.52. The van der Waals surface area contributed by atoms with Gasteiger partial charge in [0.1, 0.15) is 0 Å². The highest BCUT2D eigenvalue weighted by molar-refractivity contribution is 7.80. The van der Waals surface area contributed by atoms with Gasteiger partial charge in [-0.25, -0.2) is 4.79 Å². The van der Waals surface area contributed by atoms with Gasteiger partial charge in [0.05, 0.1) is 12.7 Å². The van der Waals surface area contributed by atoms with Crippen LogP contribution in [0.4, 0.5) is 0 Å². The fourth-order valence-electron chi connectivity index (χ4n) is 2.03. The van der Waals surface area contributed by atoms with Gasteiger partial charge in [0.2, 0.25) is 0 Å². The number of methoxy groups -OCH3 is 1. The van der Waals surface area contributed by atoms with Gasteiger partial charge in [-0.3, -0.25) is 4.79 Å². The molecule has 0 saturated heterocycles. The summed E-state index contributed by atoms with van der Waals surface area (Å²) < 4.78 is 4.78. The Morgan fingerprint density at radius 2 is 1.90 bits per heavy atom. The average Bonchev–Trinajstić information content (AvgIpc) is 2.49. The van der Waals surface area contributed by atoms with Crippen molar-refractivity contribution in [1.29, 1.82) is 0 Å². The zero-order valence-electron chi connectivity index (χ0n) is 11.0. The van der Waals surface area contributed by atoms with E-state index in [2.05, 4.69) is 12.6 Å². The van der Waals surface area contributed by atoms with E-state index in [9.17, 15) is 9.59 Å². The van der Waals surface area contributed by atoms with Crippen molar-refractivity contribution >= 4 is 24.9 Å². The summed E-state index contributed by atoms with van der Waals surface area (Å²) in [7, 11) is 1.33. The molecule has 0 fully saturated rings. The summed E-state index contributed by atoms with van der Waals surface area (Å²) in [6.45, 7) is 0. The van der Waals surface area contributed by atoms with E-state index in [1.807, 2.05) is 30.3 Å². The van der Waals surface area contributed by atoms with E-state index in [0.29, 0.717) is 28.0 Å². The topological polar surface area (TPSA) is 43.4 Å². The summed E-state index contributed by atoms with van der Waals surface area (Å²) in [4.78, 5) is 23.4. The zero-order valence-corrected chi connectivity index (χ0v) is 11.9. The van der Waals surface area contributed by atoms with Crippen molar-refractivity contribution in [3.05, 3.63) is 64.7 Å². The minimum absolute atomic E-state index is 0.427. The summed E-state index contributed by atoms with van der Waals surface area (Å²) in [6, 6.07) is 12.9. The van der Waals surface area contributed by atoms with Crippen LogP contribution in [0.15, 0.2) is 47.4 Å². The zero-order chi connectivity index (χ0) is 14.5. The quantitative estimate of drug-likeness (QED) is 0.533. The minimum Gasteiger partial charge on any atom is -0.465 e. The van der Waals surface area contributed by atoms with Crippen LogP contribution in [0.1, 0.15) is 31.8 Å². The maximum absolute atomic E-state index is 11.8. The highest BCUT2D eigenvalue weighted by atomic mass is 32.1. The molecule has 2 rings (SSSR count). The van der Waals surface area contributed by atoms with Gasteiger partial charge in [-0.05, 0) is 29.7 Å². The van der Waals surface area contributed by atoms with Gasteiger partial charge >= 0.3 is 5.97 Å². The lowest BCUT2D eigenvalue weighted by molar-refractivity contribution is 0.0599. The fraction of sp³-hybridized carbons (Fsp3) is 0.125. The van der Waals surface area contributed by atoms with Crippen molar-refractivity contribution in [3.63, 3.8) is 0 Å². The van der Waals surface area contributed by atoms with Crippen LogP contribution in [-0.4, -0.2) is 19.4 Å². The van der Waals surface area contributed by atoms with Crippen molar-refractivity contribution in [1.82, 2.24) is 0 Å². The Morgan fingerprint density at radius 3 is 2.50 bits per heavy atom. The monoisotopic (exact) mass is 286 g/mol. The molecular formula is C16H14O3S. The third-order valence-electron chi connectivity index (χ3n) is 3.07. The molecule has 0 N–H and O–H groups in total. The van der Waals surface area contributed by atoms with Crippen LogP contribution in [0.3, 0.4) is 0 Å². The Bertz CT molecular complexity index is 636. The second kappa shape index (κ2) is 6.39. The fourth-order valence-corrected chi connectivity index (χ4v) is 2.36. The molecule has 0 heterocycles. The summed E-state index contributed by atoms with van der Waals surface area (Å²) in [5, 5.41) is 0. The summed E-state index contributed by atoms with van der Waals surface area (Å²) in [5.74, 6) is -0.427. The summed E-state index contributed by atoms with van der Waals surface area (Å²) in [6.07, 6.45) is 1.25. The molecule has 0 aromatic heterocycles. The highest BCUT2D eigenvalue weighted by Crippen LogP contribution is 2.25. The third kappa shape index (κ3) is 2.91. The lowest BCUT2D eigenvalue weighted by atomic mass is 9.97. The number of hydrogen-bond donors (Lipinski definition) is 1. The summed E-state index contributed by atoms with van der Waals surface area (Å²) >= 11 is 4.39. The predicted octanol–water partition coefficient (Wildman–Crippen LogP) is 3.17. The van der Waals surface area contributed by atoms with Crippen molar-refractivity contribution < 1.29 is 14.3 Å². The van der Waals surface area contributed by atoms with Gasteiger partial charge in [-0.2, -0.15) is 0 Å². The summed E-state index contributed by atoms with van der Waals surface area (Å²) in [5.41, 5.74) is 2.64. The normalized spacial score (nSPS) is 10.1. The van der Waals surface area contributed by atoms with Crippen LogP contribution < -0.4 is 0 Å². The van der Waals surface area contributed by atoms with Crippen molar-refractivity contribution in [2.75, 3.05) is 7.11 Å². The highest BCUT2D eigenvalue weighted by Gasteiger charge is 2.17. The van der Waals surface area contributed by atoms with E-state index in [1.165, 1.54) is 7.11 Å². The Hall–Kier alpha value is -2.07. The van der Waals surface area contributed by atoms with Gasteiger partial charge in [-0.15, -0.1) is 12.6 Å². The number of ether oxygens (including phenoxy) is 1. The average molecular weight is 286 g/mol. The molecule has 0 atom stereocenters. The molecule has 20 heavy (non-hydrogen) atoms. The van der Waals surface area contributed by atoms with Crippen LogP contribution in [0.25, 0.3) is 0 Å². The van der Waals surface area contributed by atoms with E-state index in [1.54, 1.807) is 12.1 Å². The van der Waals surface area contributed by atoms with Gasteiger partial charge in [-0.1, -0.05) is 30.3 Å². The van der Waals surface area contributed by atoms with E-state index in [-0.39, 0.29) is 0 Å². The Labute approximate surface area is 123 Å². The smallest absolute Gasteiger partial charge is 0.338 e. The van der Waals surface area contributed by atoms with Gasteiger partial charge < -0.3 is 4.74 Å². The number of carbonyl (C=O) groups excluding carboxylic acids is 2. The number of thiol groups is 1. The molecule has 0 spiro atoms. The van der Waals surface area contributed by atoms with Gasteiger partial charge in [0.15, 0.2) is 6.29 Å². The number of aldehydes is 1. The molecular weight excluding hydrogens is 272 g/mol. The molecule has 2 aromatic carbocycles. The molecule has 0 bridgehead atoms. The number of esters is 1. The number of benzene rings is 2. The molecule has 0 radical (unpaired) electrons. The minimum atomic E-state index is -0.427. The van der Waals surface area contributed by atoms with Crippen LogP contribution in [-0.2, 0) is 11.2 Å². The van der Waals surface area contributed by atoms with Crippen molar-refractivity contribution in [3.8, 4) is 0 Å². The first-order chi connectivity index (χ1) is 9.67. The van der Waals surface area contributed by atoms with Crippen LogP contribution >= 0.6 is 12.6 Å². The molecule has 4 heteroatoms. The maximum Gasteiger partial charge on any atom is 0.338 e. The largest absolute Gasteiger partial charge is 0.465 e. The first-order valence-electron chi connectivity index (χ1n) is 6.09. The molecule has 0 amide bonds. The molecule has 0 saturated carbocycles. The molecule has 0 aliphatic carbocycles. The standard InChI is InChI=1S/C16H14O3S/c1-19-16(18)13-8-7-12(10-17)15(20)14(13)9-11-5-3-2-4-6-11/h2-8,10,20H,9H2,1H3. The van der Waals surface area contributed by atoms with Crippen molar-refractivity contribution in [2.45, 2.75) is 11.3 Å². The van der Waals surface area contributed by atoms with Crippen LogP contribution in [0, 0.1) is 0 Å². The van der Waals surface area contributed by atoms with Gasteiger partial charge in [0.25, 0.3) is 0 Å². The predicted molar refractivity (Wildman–Crippen MR) is 79.7 cm³/mol. The molecule has 0 aliphatic heterocycles. The number of carbonyl (C=O) groups is 2. The molecule has 0 unspecified atom stereocenters. The molecule has 102 valence electrons. The van der Waals surface area contributed by atoms with Gasteiger partial charge in [0, 0.05) is 10.5 Å². The first kappa shape index (κ1) is 14.3. The molecule has 0 aliphatic rings. The van der Waals surface area contributed by atoms with E-state index < -0.39 is 5.97 Å². The Kier molecular flexibility index (Phi) is 4.58. The number of hydrogen-bond acceptors (Lipinski definition) is 4. The number of rotatable bonds is 4. The van der Waals surface area contributed by atoms with Crippen LogP contribution in [0.2, 0.25) is 0 Å². The van der Waals surface area contributed by atoms with E-state index in [0.717, 1.165) is 11.8 Å². The second-order valence-corrected chi connectivity index (χ2v) is 4.75. The van der Waals surface area contributed by atoms with Crippen molar-refractivity contribution in [2.24, 2.45) is 0 Å². The lowest BCUT2D eigenvalue weighted by Gasteiger charge is -2.12. The Morgan fingerprint density at radius 1 is 1.20 bits per heavy atom. The third-order valence-corrected chi connectivity index (χ3v) is 3.60.